The van der Waals surface area contributed by atoms with Crippen molar-refractivity contribution in [3.63, 3.8) is 0 Å². The van der Waals surface area contributed by atoms with Crippen molar-refractivity contribution in [2.24, 2.45) is 18.7 Å². The van der Waals surface area contributed by atoms with Gasteiger partial charge in [-0.2, -0.15) is 10.5 Å². The third kappa shape index (κ3) is 8.35. The zero-order valence-electron chi connectivity index (χ0n) is 19.7. The number of hydrogen-bond acceptors (Lipinski definition) is 7. The number of rotatable bonds is 6. The van der Waals surface area contributed by atoms with Crippen LogP contribution in [0.15, 0.2) is 44.7 Å². The van der Waals surface area contributed by atoms with Gasteiger partial charge < -0.3 is 10.5 Å². The Morgan fingerprint density at radius 2 is 1.90 bits per heavy atom. The Morgan fingerprint density at radius 3 is 2.45 bits per heavy atom. The molecular formula is C21H36N6O4. The Hall–Kier alpha value is -2.98. The maximum absolute atomic E-state index is 11.8. The van der Waals surface area contributed by atoms with Crippen LogP contribution in [0.5, 0.6) is 0 Å². The number of aromatic nitrogens is 3. The quantitative estimate of drug-likeness (QED) is 0.385. The van der Waals surface area contributed by atoms with E-state index in [4.69, 9.17) is 4.74 Å². The Balaban J connectivity index is 0.00000212. The molecule has 1 aliphatic heterocycles. The Kier molecular flexibility index (Phi) is 12.7. The molecule has 10 nitrogen and oxygen atoms in total. The third-order valence-corrected chi connectivity index (χ3v) is 4.10. The topological polar surface area (TPSA) is 144 Å². The Bertz CT molecular complexity index is 925. The summed E-state index contributed by atoms with van der Waals surface area (Å²) in [5, 5.41) is 3.97. The summed E-state index contributed by atoms with van der Waals surface area (Å²) in [4.78, 5) is 37.2. The molecule has 2 heterocycles. The van der Waals surface area contributed by atoms with Gasteiger partial charge in [0.25, 0.3) is 11.5 Å². The first-order valence-corrected chi connectivity index (χ1v) is 10.2. The first kappa shape index (κ1) is 28.0. The van der Waals surface area contributed by atoms with Gasteiger partial charge in [-0.05, 0) is 44.5 Å². The molecule has 1 aromatic rings. The van der Waals surface area contributed by atoms with Crippen molar-refractivity contribution in [3.8, 4) is 0 Å². The molecule has 2 rings (SSSR count). The summed E-state index contributed by atoms with van der Waals surface area (Å²) in [6, 6.07) is 0. The van der Waals surface area contributed by atoms with Crippen molar-refractivity contribution in [2.75, 3.05) is 7.05 Å². The standard InChI is InChI=1S/C18H25N5O4.C2H6.CH5N/c1-6-14(27-15-9-12(10(2)3)16(24)21-20-15)11(4)7-8-13-17(25)19-18(26)23(5)22-13;2*1-2/h6-7,9-10,15,20H,8H2,1-5H3,(H,21,24)(H,19,25,26);1-2H3;2H2,1H3/b11-7-,14-6+;;. The van der Waals surface area contributed by atoms with Gasteiger partial charge in [-0.15, -0.1) is 0 Å². The van der Waals surface area contributed by atoms with Crippen LogP contribution < -0.4 is 27.8 Å². The number of carbonyl (C=O) groups excluding carboxylic acids is 1. The highest BCUT2D eigenvalue weighted by Gasteiger charge is 2.23. The van der Waals surface area contributed by atoms with Crippen LogP contribution in [0.25, 0.3) is 0 Å². The normalized spacial score (nSPS) is 16.4. The lowest BCUT2D eigenvalue weighted by Crippen LogP contribution is -2.50. The fourth-order valence-corrected chi connectivity index (χ4v) is 2.54. The second kappa shape index (κ2) is 14.1. The summed E-state index contributed by atoms with van der Waals surface area (Å²) in [5.41, 5.74) is 10.5. The summed E-state index contributed by atoms with van der Waals surface area (Å²) >= 11 is 0. The maximum atomic E-state index is 11.8. The molecule has 5 N–H and O–H groups in total. The first-order valence-electron chi connectivity index (χ1n) is 10.2. The molecule has 31 heavy (non-hydrogen) atoms. The lowest BCUT2D eigenvalue weighted by atomic mass is 10.0. The lowest BCUT2D eigenvalue weighted by molar-refractivity contribution is -0.120. The van der Waals surface area contributed by atoms with Crippen LogP contribution in [0, 0.1) is 5.92 Å². The van der Waals surface area contributed by atoms with Crippen molar-refractivity contribution in [1.29, 1.82) is 0 Å². The molecule has 0 fully saturated rings. The van der Waals surface area contributed by atoms with Gasteiger partial charge >= 0.3 is 5.69 Å². The highest BCUT2D eigenvalue weighted by atomic mass is 16.5. The van der Waals surface area contributed by atoms with Gasteiger partial charge in [0.05, 0.1) is 0 Å². The zero-order chi connectivity index (χ0) is 24.1. The molecule has 1 amide bonds. The second-order valence-corrected chi connectivity index (χ2v) is 6.49. The van der Waals surface area contributed by atoms with E-state index in [1.54, 1.807) is 18.2 Å². The number of allylic oxidation sites excluding steroid dienone is 3. The van der Waals surface area contributed by atoms with Gasteiger partial charge in [0.15, 0.2) is 6.23 Å². The largest absolute Gasteiger partial charge is 0.470 e. The molecule has 0 radical (unpaired) electrons. The predicted molar refractivity (Wildman–Crippen MR) is 122 cm³/mol. The van der Waals surface area contributed by atoms with Crippen molar-refractivity contribution in [2.45, 2.75) is 54.2 Å². The highest BCUT2D eigenvalue weighted by Crippen LogP contribution is 2.18. The number of amides is 1. The Morgan fingerprint density at radius 1 is 1.29 bits per heavy atom. The average Bonchev–Trinajstić information content (AvgIpc) is 2.77. The molecule has 0 spiro atoms. The summed E-state index contributed by atoms with van der Waals surface area (Å²) in [6.45, 7) is 11.6. The zero-order valence-corrected chi connectivity index (χ0v) is 19.7. The third-order valence-electron chi connectivity index (χ3n) is 4.10. The van der Waals surface area contributed by atoms with Crippen LogP contribution in [0.3, 0.4) is 0 Å². The number of nitrogens with zero attached hydrogens (tertiary/aromatic N) is 2. The molecule has 1 unspecified atom stereocenters. The number of nitrogens with two attached hydrogens (primary N) is 1. The van der Waals surface area contributed by atoms with Crippen molar-refractivity contribution >= 4 is 5.91 Å². The summed E-state index contributed by atoms with van der Waals surface area (Å²) in [7, 11) is 2.97. The predicted octanol–water partition coefficient (Wildman–Crippen LogP) is 1.02. The number of aromatic amines is 1. The molecule has 10 heteroatoms. The van der Waals surface area contributed by atoms with E-state index in [0.717, 1.165) is 10.3 Å². The maximum Gasteiger partial charge on any atom is 0.344 e. The molecule has 0 saturated carbocycles. The van der Waals surface area contributed by atoms with E-state index in [1.165, 1.54) is 14.1 Å². The SMILES string of the molecule is C/C=C(OC1C=C(C(C)C)C(=O)NN1)\C(C)=C/Cc1nn(C)c(=O)[nH]c1=O.CC.CN. The minimum atomic E-state index is -0.555. The van der Waals surface area contributed by atoms with Crippen LogP contribution >= 0.6 is 0 Å². The van der Waals surface area contributed by atoms with Gasteiger partial charge in [0.2, 0.25) is 0 Å². The van der Waals surface area contributed by atoms with E-state index >= 15 is 0 Å². The van der Waals surface area contributed by atoms with E-state index in [9.17, 15) is 14.4 Å². The molecule has 0 bridgehead atoms. The highest BCUT2D eigenvalue weighted by molar-refractivity contribution is 5.94. The summed E-state index contributed by atoms with van der Waals surface area (Å²) in [5.74, 6) is 0.509. The molecule has 174 valence electrons. The number of hydrazine groups is 1. The molecule has 0 saturated heterocycles. The van der Waals surface area contributed by atoms with Crippen LogP contribution in [0.2, 0.25) is 0 Å². The molecular weight excluding hydrogens is 400 g/mol. The molecule has 1 atom stereocenters. The average molecular weight is 437 g/mol. The molecule has 0 aromatic carbocycles. The number of aryl methyl sites for hydroxylation is 1. The lowest BCUT2D eigenvalue weighted by Gasteiger charge is -2.26. The van der Waals surface area contributed by atoms with Gasteiger partial charge in [-0.3, -0.25) is 20.0 Å². The van der Waals surface area contributed by atoms with Gasteiger partial charge in [0.1, 0.15) is 11.5 Å². The Labute approximate surface area is 183 Å². The van der Waals surface area contributed by atoms with E-state index < -0.39 is 17.5 Å². The number of carbonyl (C=O) groups is 1. The van der Waals surface area contributed by atoms with E-state index in [1.807, 2.05) is 41.5 Å². The van der Waals surface area contributed by atoms with Crippen molar-refractivity contribution < 1.29 is 9.53 Å². The van der Waals surface area contributed by atoms with Gasteiger partial charge in [0, 0.05) is 19.0 Å². The summed E-state index contributed by atoms with van der Waals surface area (Å²) < 4.78 is 7.00. The number of hydrogen-bond donors (Lipinski definition) is 4. The smallest absolute Gasteiger partial charge is 0.344 e. The monoisotopic (exact) mass is 436 g/mol. The van der Waals surface area contributed by atoms with E-state index in [0.29, 0.717) is 11.3 Å². The van der Waals surface area contributed by atoms with E-state index in [-0.39, 0.29) is 23.9 Å². The van der Waals surface area contributed by atoms with Crippen LogP contribution in [0.1, 0.15) is 47.2 Å². The van der Waals surface area contributed by atoms with E-state index in [2.05, 4.69) is 26.7 Å². The minimum absolute atomic E-state index is 0.0754. The van der Waals surface area contributed by atoms with Gasteiger partial charge in [-0.1, -0.05) is 33.8 Å². The first-order chi connectivity index (χ1) is 14.7. The van der Waals surface area contributed by atoms with Crippen LogP contribution in [-0.2, 0) is 23.0 Å². The number of nitrogens with one attached hydrogen (secondary N) is 3. The molecule has 1 aromatic heterocycles. The molecule has 1 aliphatic rings. The second-order valence-electron chi connectivity index (χ2n) is 6.49. The number of H-pyrrole nitrogens is 1. The number of ether oxygens (including phenoxy) is 1. The fourth-order valence-electron chi connectivity index (χ4n) is 2.54. The molecule has 0 aliphatic carbocycles. The van der Waals surface area contributed by atoms with Crippen LogP contribution in [0.4, 0.5) is 0 Å². The summed E-state index contributed by atoms with van der Waals surface area (Å²) in [6.07, 6.45) is 5.09. The van der Waals surface area contributed by atoms with Gasteiger partial charge in [-0.25, -0.2) is 9.48 Å². The fraction of sp³-hybridized carbons (Fsp3) is 0.524. The van der Waals surface area contributed by atoms with Crippen molar-refractivity contribution in [1.82, 2.24) is 25.6 Å². The van der Waals surface area contributed by atoms with Crippen molar-refractivity contribution in [3.05, 3.63) is 61.7 Å². The van der Waals surface area contributed by atoms with Crippen LogP contribution in [-0.4, -0.2) is 33.9 Å². The minimum Gasteiger partial charge on any atom is -0.470 e.